The number of nitrogens with two attached hydrogens (primary N) is 1. The highest BCUT2D eigenvalue weighted by molar-refractivity contribution is 5.57. The number of nitrogens with one attached hydrogen (secondary N) is 2. The summed E-state index contributed by atoms with van der Waals surface area (Å²) in [4.78, 5) is 9.01. The van der Waals surface area contributed by atoms with Gasteiger partial charge in [0.05, 0.1) is 6.26 Å². The molecular weight excluding hydrogens is 266 g/mol. The predicted molar refractivity (Wildman–Crippen MR) is 84.1 cm³/mol. The molecule has 0 saturated heterocycles. The summed E-state index contributed by atoms with van der Waals surface area (Å²) >= 11 is 0. The second-order valence-electron chi connectivity index (χ2n) is 5.19. The van der Waals surface area contributed by atoms with Crippen molar-refractivity contribution in [3.05, 3.63) is 35.5 Å². The van der Waals surface area contributed by atoms with E-state index in [-0.39, 0.29) is 6.04 Å². The molecule has 0 amide bonds. The molecule has 1 atom stereocenters. The van der Waals surface area contributed by atoms with E-state index in [1.807, 2.05) is 19.1 Å². The first-order chi connectivity index (χ1) is 10.1. The van der Waals surface area contributed by atoms with Gasteiger partial charge in [0.2, 0.25) is 0 Å². The van der Waals surface area contributed by atoms with Crippen LogP contribution in [-0.2, 0) is 12.8 Å². The van der Waals surface area contributed by atoms with Gasteiger partial charge in [-0.25, -0.2) is 15.8 Å². The lowest BCUT2D eigenvalue weighted by molar-refractivity contribution is 0.497. The summed E-state index contributed by atoms with van der Waals surface area (Å²) in [6.45, 7) is 6.15. The molecule has 2 heterocycles. The van der Waals surface area contributed by atoms with E-state index in [1.54, 1.807) is 6.26 Å². The zero-order valence-electron chi connectivity index (χ0n) is 12.8. The van der Waals surface area contributed by atoms with Crippen molar-refractivity contribution < 1.29 is 4.42 Å². The molecule has 0 radical (unpaired) electrons. The van der Waals surface area contributed by atoms with Crippen LogP contribution < -0.4 is 16.6 Å². The third kappa shape index (κ3) is 3.95. The fraction of sp³-hybridized carbons (Fsp3) is 0.467. The number of nitrogen functional groups attached to an aromatic ring is 1. The molecule has 0 saturated carbocycles. The van der Waals surface area contributed by atoms with E-state index in [2.05, 4.69) is 34.6 Å². The zero-order valence-corrected chi connectivity index (χ0v) is 12.8. The van der Waals surface area contributed by atoms with Crippen molar-refractivity contribution >= 4 is 11.6 Å². The number of rotatable bonds is 7. The van der Waals surface area contributed by atoms with E-state index >= 15 is 0 Å². The Labute approximate surface area is 125 Å². The largest absolute Gasteiger partial charge is 0.469 e. The summed E-state index contributed by atoms with van der Waals surface area (Å²) in [5, 5.41) is 3.42. The molecule has 1 unspecified atom stereocenters. The molecule has 4 N–H and O–H groups in total. The summed E-state index contributed by atoms with van der Waals surface area (Å²) < 4.78 is 5.37. The Hall–Kier alpha value is -2.08. The molecule has 0 bridgehead atoms. The van der Waals surface area contributed by atoms with Gasteiger partial charge in [-0.05, 0) is 32.4 Å². The average Bonchev–Trinajstić information content (AvgIpc) is 2.95. The predicted octanol–water partition coefficient (Wildman–Crippen LogP) is 2.66. The third-order valence-electron chi connectivity index (χ3n) is 3.27. The second kappa shape index (κ2) is 7.08. The van der Waals surface area contributed by atoms with Crippen LogP contribution in [0.1, 0.15) is 37.4 Å². The van der Waals surface area contributed by atoms with E-state index in [0.717, 1.165) is 42.2 Å². The topological polar surface area (TPSA) is 89.0 Å². The van der Waals surface area contributed by atoms with Crippen molar-refractivity contribution in [1.82, 2.24) is 9.97 Å². The molecule has 0 aromatic carbocycles. The van der Waals surface area contributed by atoms with Crippen molar-refractivity contribution in [2.24, 2.45) is 5.84 Å². The minimum Gasteiger partial charge on any atom is -0.469 e. The lowest BCUT2D eigenvalue weighted by Crippen LogP contribution is -2.21. The molecular formula is C15H23N5O. The van der Waals surface area contributed by atoms with Crippen molar-refractivity contribution in [1.29, 1.82) is 0 Å². The smallest absolute Gasteiger partial charge is 0.148 e. The molecule has 2 aromatic heterocycles. The first-order valence-electron chi connectivity index (χ1n) is 7.27. The molecule has 0 spiro atoms. The molecule has 6 heteroatoms. The van der Waals surface area contributed by atoms with Crippen molar-refractivity contribution in [3.8, 4) is 0 Å². The van der Waals surface area contributed by atoms with Crippen LogP contribution in [0.3, 0.4) is 0 Å². The first kappa shape index (κ1) is 15.3. The van der Waals surface area contributed by atoms with E-state index in [4.69, 9.17) is 10.3 Å². The molecule has 2 rings (SSSR count). The van der Waals surface area contributed by atoms with Gasteiger partial charge in [-0.3, -0.25) is 0 Å². The van der Waals surface area contributed by atoms with Gasteiger partial charge >= 0.3 is 0 Å². The van der Waals surface area contributed by atoms with Gasteiger partial charge in [-0.15, -0.1) is 0 Å². The maximum Gasteiger partial charge on any atom is 0.148 e. The summed E-state index contributed by atoms with van der Waals surface area (Å²) in [6.07, 6.45) is 4.31. The van der Waals surface area contributed by atoms with Gasteiger partial charge in [0, 0.05) is 24.4 Å². The van der Waals surface area contributed by atoms with Crippen molar-refractivity contribution in [3.63, 3.8) is 0 Å². The lowest BCUT2D eigenvalue weighted by atomic mass is 10.2. The zero-order chi connectivity index (χ0) is 15.2. The molecule has 21 heavy (non-hydrogen) atoms. The summed E-state index contributed by atoms with van der Waals surface area (Å²) in [6, 6.07) is 4.07. The number of furan rings is 1. The molecule has 0 aliphatic rings. The summed E-state index contributed by atoms with van der Waals surface area (Å²) in [7, 11) is 0. The molecule has 114 valence electrons. The minimum absolute atomic E-state index is 0.199. The number of hydrazine groups is 1. The SMILES string of the molecule is CCCc1nc(NN)c(C)c(NC(C)Cc2ccco2)n1. The van der Waals surface area contributed by atoms with E-state index in [0.29, 0.717) is 5.82 Å². The maximum absolute atomic E-state index is 5.54. The molecule has 2 aromatic rings. The minimum atomic E-state index is 0.199. The van der Waals surface area contributed by atoms with E-state index < -0.39 is 0 Å². The number of hydrogen-bond acceptors (Lipinski definition) is 6. The Morgan fingerprint density at radius 1 is 1.33 bits per heavy atom. The van der Waals surface area contributed by atoms with Crippen LogP contribution in [0.25, 0.3) is 0 Å². The highest BCUT2D eigenvalue weighted by Gasteiger charge is 2.13. The van der Waals surface area contributed by atoms with Gasteiger partial charge in [-0.1, -0.05) is 6.92 Å². The monoisotopic (exact) mass is 289 g/mol. The molecule has 0 fully saturated rings. The second-order valence-corrected chi connectivity index (χ2v) is 5.19. The number of anilines is 2. The Morgan fingerprint density at radius 2 is 2.10 bits per heavy atom. The van der Waals surface area contributed by atoms with Crippen LogP contribution in [0.15, 0.2) is 22.8 Å². The van der Waals surface area contributed by atoms with Crippen molar-refractivity contribution in [2.45, 2.75) is 46.1 Å². The fourth-order valence-electron chi connectivity index (χ4n) is 2.19. The van der Waals surface area contributed by atoms with Gasteiger partial charge in [0.25, 0.3) is 0 Å². The average molecular weight is 289 g/mol. The number of nitrogens with zero attached hydrogens (tertiary/aromatic N) is 2. The Bertz CT molecular complexity index is 568. The lowest BCUT2D eigenvalue weighted by Gasteiger charge is -2.17. The highest BCUT2D eigenvalue weighted by atomic mass is 16.3. The molecule has 0 aliphatic carbocycles. The van der Waals surface area contributed by atoms with Crippen molar-refractivity contribution in [2.75, 3.05) is 10.7 Å². The number of hydrogen-bond donors (Lipinski definition) is 3. The Kier molecular flexibility index (Phi) is 5.16. The maximum atomic E-state index is 5.54. The quantitative estimate of drug-likeness (QED) is 0.536. The third-order valence-corrected chi connectivity index (χ3v) is 3.27. The summed E-state index contributed by atoms with van der Waals surface area (Å²) in [5.74, 6) is 8.78. The van der Waals surface area contributed by atoms with Crippen LogP contribution in [0.4, 0.5) is 11.6 Å². The van der Waals surface area contributed by atoms with Gasteiger partial charge in [0.1, 0.15) is 23.2 Å². The normalized spacial score (nSPS) is 12.2. The standard InChI is InChI=1S/C15H23N5O/c1-4-6-13-18-14(11(3)15(19-13)20-16)17-10(2)9-12-7-5-8-21-12/h5,7-8,10H,4,6,9,16H2,1-3H3,(H2,17,18,19,20). The highest BCUT2D eigenvalue weighted by Crippen LogP contribution is 2.21. The molecule has 0 aliphatic heterocycles. The van der Waals surface area contributed by atoms with Gasteiger partial charge < -0.3 is 15.2 Å². The number of aryl methyl sites for hydroxylation is 1. The van der Waals surface area contributed by atoms with Crippen LogP contribution in [0.5, 0.6) is 0 Å². The Balaban J connectivity index is 2.15. The van der Waals surface area contributed by atoms with Gasteiger partial charge in [0.15, 0.2) is 0 Å². The summed E-state index contributed by atoms with van der Waals surface area (Å²) in [5.41, 5.74) is 3.56. The van der Waals surface area contributed by atoms with Gasteiger partial charge in [-0.2, -0.15) is 0 Å². The van der Waals surface area contributed by atoms with Crippen LogP contribution in [0, 0.1) is 6.92 Å². The van der Waals surface area contributed by atoms with E-state index in [9.17, 15) is 0 Å². The van der Waals surface area contributed by atoms with Crippen LogP contribution in [0.2, 0.25) is 0 Å². The Morgan fingerprint density at radius 3 is 2.71 bits per heavy atom. The van der Waals surface area contributed by atoms with E-state index in [1.165, 1.54) is 0 Å². The first-order valence-corrected chi connectivity index (χ1v) is 7.27. The van der Waals surface area contributed by atoms with Crippen LogP contribution >= 0.6 is 0 Å². The molecule has 6 nitrogen and oxygen atoms in total. The number of aromatic nitrogens is 2. The van der Waals surface area contributed by atoms with Crippen LogP contribution in [-0.4, -0.2) is 16.0 Å². The fourth-order valence-corrected chi connectivity index (χ4v) is 2.19.